The molecule has 0 aliphatic rings. The third-order valence-corrected chi connectivity index (χ3v) is 2.47. The van der Waals surface area contributed by atoms with Crippen molar-refractivity contribution in [2.45, 2.75) is 6.54 Å². The van der Waals surface area contributed by atoms with Crippen molar-refractivity contribution in [1.82, 2.24) is 9.78 Å². The van der Waals surface area contributed by atoms with E-state index in [1.54, 1.807) is 23.0 Å². The summed E-state index contributed by atoms with van der Waals surface area (Å²) in [5.74, 6) is 0. The lowest BCUT2D eigenvalue weighted by Gasteiger charge is -2.04. The maximum Gasteiger partial charge on any atom is 0.150 e. The molecule has 1 aromatic heterocycles. The molecule has 0 spiro atoms. The Labute approximate surface area is 98.0 Å². The molecule has 5 heteroatoms. The number of alkyl halides is 1. The van der Waals surface area contributed by atoms with Gasteiger partial charge >= 0.3 is 0 Å². The zero-order valence-electron chi connectivity index (χ0n) is 9.30. The summed E-state index contributed by atoms with van der Waals surface area (Å²) in [6.45, 7) is 0.650. The standard InChI is InChI=1S/C12H13FN2O2/c13-3-5-17-6-4-15-12-2-1-10(9-16)7-11(12)8-14-15/h1-2,7-9H,3-6H2. The highest BCUT2D eigenvalue weighted by Crippen LogP contribution is 2.14. The van der Waals surface area contributed by atoms with Gasteiger partial charge in [-0.2, -0.15) is 5.10 Å². The predicted octanol–water partition coefficient (Wildman–Crippen LogP) is 1.83. The van der Waals surface area contributed by atoms with Crippen LogP contribution >= 0.6 is 0 Å². The van der Waals surface area contributed by atoms with Crippen LogP contribution in [0, 0.1) is 0 Å². The molecule has 0 aliphatic heterocycles. The first-order valence-corrected chi connectivity index (χ1v) is 5.39. The zero-order chi connectivity index (χ0) is 12.1. The molecular formula is C12H13FN2O2. The van der Waals surface area contributed by atoms with E-state index in [1.165, 1.54) is 0 Å². The number of ether oxygens (including phenoxy) is 1. The van der Waals surface area contributed by atoms with Gasteiger partial charge in [-0.15, -0.1) is 0 Å². The summed E-state index contributed by atoms with van der Waals surface area (Å²) >= 11 is 0. The summed E-state index contributed by atoms with van der Waals surface area (Å²) in [4.78, 5) is 10.6. The van der Waals surface area contributed by atoms with Gasteiger partial charge in [0.15, 0.2) is 0 Å². The number of carbonyl (C=O) groups excluding carboxylic acids is 1. The van der Waals surface area contributed by atoms with Crippen molar-refractivity contribution in [3.8, 4) is 0 Å². The SMILES string of the molecule is O=Cc1ccc2c(cnn2CCOCCF)c1. The topological polar surface area (TPSA) is 44.1 Å². The number of hydrogen-bond donors (Lipinski definition) is 0. The van der Waals surface area contributed by atoms with Gasteiger partial charge in [0.05, 0.1) is 31.5 Å². The molecule has 90 valence electrons. The van der Waals surface area contributed by atoms with E-state index in [9.17, 15) is 9.18 Å². The predicted molar refractivity (Wildman–Crippen MR) is 61.9 cm³/mol. The molecule has 0 bridgehead atoms. The van der Waals surface area contributed by atoms with Crippen LogP contribution < -0.4 is 0 Å². The number of aldehydes is 1. The van der Waals surface area contributed by atoms with Crippen molar-refractivity contribution >= 4 is 17.2 Å². The summed E-state index contributed by atoms with van der Waals surface area (Å²) in [5.41, 5.74) is 1.57. The molecule has 0 unspecified atom stereocenters. The number of halogens is 1. The average Bonchev–Trinajstić information content (AvgIpc) is 2.77. The highest BCUT2D eigenvalue weighted by Gasteiger charge is 2.03. The van der Waals surface area contributed by atoms with Gasteiger partial charge in [-0.3, -0.25) is 9.48 Å². The zero-order valence-corrected chi connectivity index (χ0v) is 9.30. The van der Waals surface area contributed by atoms with Crippen LogP contribution in [0.3, 0.4) is 0 Å². The van der Waals surface area contributed by atoms with Gasteiger partial charge < -0.3 is 4.74 Å². The molecule has 4 nitrogen and oxygen atoms in total. The third kappa shape index (κ3) is 2.68. The second-order valence-electron chi connectivity index (χ2n) is 3.61. The van der Waals surface area contributed by atoms with E-state index in [0.29, 0.717) is 18.7 Å². The van der Waals surface area contributed by atoms with Gasteiger partial charge in [0.1, 0.15) is 13.0 Å². The lowest BCUT2D eigenvalue weighted by molar-refractivity contribution is 0.111. The fourth-order valence-corrected chi connectivity index (χ4v) is 1.66. The van der Waals surface area contributed by atoms with Crippen molar-refractivity contribution in [3.05, 3.63) is 30.0 Å². The summed E-state index contributed by atoms with van der Waals surface area (Å²) in [5, 5.41) is 5.11. The van der Waals surface area contributed by atoms with Crippen LogP contribution in [-0.2, 0) is 11.3 Å². The van der Waals surface area contributed by atoms with E-state index in [1.807, 2.05) is 6.07 Å². The molecule has 0 fully saturated rings. The Hall–Kier alpha value is -1.75. The van der Waals surface area contributed by atoms with Crippen LogP contribution in [0.15, 0.2) is 24.4 Å². The molecule has 1 aromatic carbocycles. The molecule has 2 aromatic rings. The molecule has 0 aliphatic carbocycles. The lowest BCUT2D eigenvalue weighted by Crippen LogP contribution is -2.08. The number of rotatable bonds is 6. The number of fused-ring (bicyclic) bond motifs is 1. The summed E-state index contributed by atoms with van der Waals surface area (Å²) in [6, 6.07) is 5.38. The second-order valence-corrected chi connectivity index (χ2v) is 3.61. The van der Waals surface area contributed by atoms with Crippen LogP contribution in [0.25, 0.3) is 10.9 Å². The number of aromatic nitrogens is 2. The molecule has 0 radical (unpaired) electrons. The minimum atomic E-state index is -0.470. The van der Waals surface area contributed by atoms with Crippen molar-refractivity contribution < 1.29 is 13.9 Å². The minimum absolute atomic E-state index is 0.120. The van der Waals surface area contributed by atoms with Crippen molar-refractivity contribution in [2.24, 2.45) is 0 Å². The smallest absolute Gasteiger partial charge is 0.150 e. The Morgan fingerprint density at radius 2 is 2.29 bits per heavy atom. The van der Waals surface area contributed by atoms with E-state index in [-0.39, 0.29) is 6.61 Å². The number of benzene rings is 1. The molecule has 0 N–H and O–H groups in total. The Balaban J connectivity index is 2.10. The third-order valence-electron chi connectivity index (χ3n) is 2.47. The Kier molecular flexibility index (Phi) is 3.82. The summed E-state index contributed by atoms with van der Waals surface area (Å²) in [6.07, 6.45) is 2.51. The van der Waals surface area contributed by atoms with Gasteiger partial charge in [-0.1, -0.05) is 0 Å². The first-order valence-electron chi connectivity index (χ1n) is 5.39. The van der Waals surface area contributed by atoms with E-state index in [4.69, 9.17) is 4.74 Å². The maximum absolute atomic E-state index is 11.8. The van der Waals surface area contributed by atoms with E-state index >= 15 is 0 Å². The lowest BCUT2D eigenvalue weighted by atomic mass is 10.2. The number of nitrogens with zero attached hydrogens (tertiary/aromatic N) is 2. The molecular weight excluding hydrogens is 223 g/mol. The Morgan fingerprint density at radius 1 is 1.41 bits per heavy atom. The van der Waals surface area contributed by atoms with Crippen LogP contribution in [0.1, 0.15) is 10.4 Å². The number of hydrogen-bond acceptors (Lipinski definition) is 3. The summed E-state index contributed by atoms with van der Waals surface area (Å²) in [7, 11) is 0. The van der Waals surface area contributed by atoms with Gasteiger partial charge in [-0.25, -0.2) is 4.39 Å². The average molecular weight is 236 g/mol. The van der Waals surface area contributed by atoms with Gasteiger partial charge in [-0.05, 0) is 18.2 Å². The van der Waals surface area contributed by atoms with Gasteiger partial charge in [0.25, 0.3) is 0 Å². The van der Waals surface area contributed by atoms with Crippen molar-refractivity contribution in [3.63, 3.8) is 0 Å². The highest BCUT2D eigenvalue weighted by molar-refractivity contribution is 5.86. The second kappa shape index (κ2) is 5.54. The maximum atomic E-state index is 11.8. The van der Waals surface area contributed by atoms with Crippen molar-refractivity contribution in [1.29, 1.82) is 0 Å². The van der Waals surface area contributed by atoms with Crippen LogP contribution in [-0.4, -0.2) is 36.0 Å². The van der Waals surface area contributed by atoms with E-state index < -0.39 is 6.67 Å². The molecule has 1 heterocycles. The van der Waals surface area contributed by atoms with Crippen LogP contribution in [0.4, 0.5) is 4.39 Å². The highest BCUT2D eigenvalue weighted by atomic mass is 19.1. The first-order chi connectivity index (χ1) is 8.35. The Morgan fingerprint density at radius 3 is 3.06 bits per heavy atom. The monoisotopic (exact) mass is 236 g/mol. The Bertz CT molecular complexity index is 510. The number of carbonyl (C=O) groups is 1. The molecule has 0 atom stereocenters. The van der Waals surface area contributed by atoms with Crippen LogP contribution in [0.5, 0.6) is 0 Å². The molecule has 0 saturated carbocycles. The summed E-state index contributed by atoms with van der Waals surface area (Å²) < 4.78 is 18.7. The normalized spacial score (nSPS) is 10.9. The van der Waals surface area contributed by atoms with Crippen LogP contribution in [0.2, 0.25) is 0 Å². The fourth-order valence-electron chi connectivity index (χ4n) is 1.66. The van der Waals surface area contributed by atoms with Crippen molar-refractivity contribution in [2.75, 3.05) is 19.9 Å². The largest absolute Gasteiger partial charge is 0.377 e. The fraction of sp³-hybridized carbons (Fsp3) is 0.333. The van der Waals surface area contributed by atoms with E-state index in [0.717, 1.165) is 17.2 Å². The molecule has 2 rings (SSSR count). The molecule has 0 saturated heterocycles. The minimum Gasteiger partial charge on any atom is -0.377 e. The van der Waals surface area contributed by atoms with Gasteiger partial charge in [0, 0.05) is 10.9 Å². The molecule has 17 heavy (non-hydrogen) atoms. The first kappa shape index (κ1) is 11.7. The molecule has 0 amide bonds. The van der Waals surface area contributed by atoms with E-state index in [2.05, 4.69) is 5.10 Å². The quantitative estimate of drug-likeness (QED) is 0.567. The van der Waals surface area contributed by atoms with Gasteiger partial charge in [0.2, 0.25) is 0 Å².